The summed E-state index contributed by atoms with van der Waals surface area (Å²) in [5.41, 5.74) is 6.82. The lowest BCUT2D eigenvalue weighted by atomic mass is 10.0. The van der Waals surface area contributed by atoms with Crippen molar-refractivity contribution in [1.82, 2.24) is 5.32 Å². The van der Waals surface area contributed by atoms with Gasteiger partial charge in [-0.1, -0.05) is 24.3 Å². The number of benzene rings is 1. The van der Waals surface area contributed by atoms with Gasteiger partial charge >= 0.3 is 5.97 Å². The van der Waals surface area contributed by atoms with Gasteiger partial charge in [-0.25, -0.2) is 0 Å². The van der Waals surface area contributed by atoms with Crippen molar-refractivity contribution in [3.05, 3.63) is 35.4 Å². The minimum Gasteiger partial charge on any atom is -0.480 e. The van der Waals surface area contributed by atoms with Crippen LogP contribution in [0.25, 0.3) is 0 Å². The molecule has 1 aromatic carbocycles. The van der Waals surface area contributed by atoms with E-state index in [2.05, 4.69) is 5.32 Å². The Balaban J connectivity index is 2.00. The van der Waals surface area contributed by atoms with Crippen molar-refractivity contribution < 1.29 is 19.4 Å². The van der Waals surface area contributed by atoms with Gasteiger partial charge in [0.1, 0.15) is 12.1 Å². The fraction of sp³-hybridized carbons (Fsp3) is 0.429. The zero-order valence-corrected chi connectivity index (χ0v) is 11.0. The number of hydrogen-bond donors (Lipinski definition) is 3. The number of carbonyl (C=O) groups excluding carboxylic acids is 1. The first kappa shape index (κ1) is 14.6. The lowest BCUT2D eigenvalue weighted by Gasteiger charge is -2.22. The van der Waals surface area contributed by atoms with E-state index in [4.69, 9.17) is 15.6 Å². The SMILES string of the molecule is N[C@@H](Cc1ccc(C(=O)C2CNCCO2)cc1)C(=O)O. The maximum atomic E-state index is 12.2. The van der Waals surface area contributed by atoms with Gasteiger partial charge in [-0.05, 0) is 12.0 Å². The number of Topliss-reactive ketones (excluding diaryl/α,β-unsaturated/α-hetero) is 1. The first-order chi connectivity index (χ1) is 9.58. The van der Waals surface area contributed by atoms with Gasteiger partial charge in [0.15, 0.2) is 5.78 Å². The van der Waals surface area contributed by atoms with Gasteiger partial charge in [0.05, 0.1) is 6.61 Å². The van der Waals surface area contributed by atoms with Gasteiger partial charge in [-0.3, -0.25) is 9.59 Å². The van der Waals surface area contributed by atoms with Gasteiger partial charge in [0.2, 0.25) is 0 Å². The van der Waals surface area contributed by atoms with Crippen LogP contribution < -0.4 is 11.1 Å². The van der Waals surface area contributed by atoms with E-state index in [-0.39, 0.29) is 12.2 Å². The summed E-state index contributed by atoms with van der Waals surface area (Å²) in [6.07, 6.45) is -0.207. The summed E-state index contributed by atoms with van der Waals surface area (Å²) in [5.74, 6) is -1.10. The van der Waals surface area contributed by atoms with Crippen LogP contribution >= 0.6 is 0 Å². The topological polar surface area (TPSA) is 102 Å². The quantitative estimate of drug-likeness (QED) is 0.645. The number of rotatable bonds is 5. The smallest absolute Gasteiger partial charge is 0.320 e. The van der Waals surface area contributed by atoms with Crippen molar-refractivity contribution in [2.24, 2.45) is 5.73 Å². The van der Waals surface area contributed by atoms with Crippen LogP contribution in [0.4, 0.5) is 0 Å². The van der Waals surface area contributed by atoms with Gasteiger partial charge in [0.25, 0.3) is 0 Å². The standard InChI is InChI=1S/C14H18N2O4/c15-11(14(18)19)7-9-1-3-10(4-2-9)13(17)12-8-16-5-6-20-12/h1-4,11-12,16H,5-8,15H2,(H,18,19)/t11-,12?/m0/s1. The van der Waals surface area contributed by atoms with Crippen molar-refractivity contribution in [3.63, 3.8) is 0 Å². The Labute approximate surface area is 116 Å². The zero-order valence-electron chi connectivity index (χ0n) is 11.0. The predicted octanol–water partition coefficient (Wildman–Crippen LogP) is -0.188. The van der Waals surface area contributed by atoms with Crippen LogP contribution in [-0.2, 0) is 16.0 Å². The Hall–Kier alpha value is -1.76. The first-order valence-electron chi connectivity index (χ1n) is 6.52. The number of ketones is 1. The minimum atomic E-state index is -1.04. The van der Waals surface area contributed by atoms with Crippen molar-refractivity contribution in [1.29, 1.82) is 0 Å². The number of carbonyl (C=O) groups is 2. The monoisotopic (exact) mass is 278 g/mol. The Bertz CT molecular complexity index is 480. The number of nitrogens with two attached hydrogens (primary N) is 1. The van der Waals surface area contributed by atoms with E-state index in [9.17, 15) is 9.59 Å². The summed E-state index contributed by atoms with van der Waals surface area (Å²) in [6, 6.07) is 5.90. The molecule has 1 saturated heterocycles. The summed E-state index contributed by atoms with van der Waals surface area (Å²) in [7, 11) is 0. The molecular formula is C14H18N2O4. The molecule has 0 spiro atoms. The highest BCUT2D eigenvalue weighted by molar-refractivity contribution is 5.99. The molecule has 2 rings (SSSR count). The summed E-state index contributed by atoms with van der Waals surface area (Å²) in [4.78, 5) is 22.8. The van der Waals surface area contributed by atoms with E-state index in [1.54, 1.807) is 24.3 Å². The van der Waals surface area contributed by atoms with Crippen LogP contribution in [0.3, 0.4) is 0 Å². The number of morpholine rings is 1. The van der Waals surface area contributed by atoms with Crippen LogP contribution in [-0.4, -0.2) is 48.7 Å². The van der Waals surface area contributed by atoms with E-state index in [1.165, 1.54) is 0 Å². The molecule has 6 nitrogen and oxygen atoms in total. The highest BCUT2D eigenvalue weighted by atomic mass is 16.5. The molecule has 6 heteroatoms. The van der Waals surface area contributed by atoms with Crippen molar-refractivity contribution in [2.45, 2.75) is 18.6 Å². The first-order valence-corrected chi connectivity index (χ1v) is 6.52. The molecule has 0 amide bonds. The fourth-order valence-corrected chi connectivity index (χ4v) is 2.07. The third-order valence-corrected chi connectivity index (χ3v) is 3.23. The maximum Gasteiger partial charge on any atom is 0.320 e. The van der Waals surface area contributed by atoms with Gasteiger partial charge in [0, 0.05) is 18.7 Å². The average Bonchev–Trinajstić information content (AvgIpc) is 2.48. The molecule has 0 aliphatic carbocycles. The molecule has 1 heterocycles. The third-order valence-electron chi connectivity index (χ3n) is 3.23. The summed E-state index contributed by atoms with van der Waals surface area (Å²) < 4.78 is 5.41. The molecule has 1 aliphatic heterocycles. The van der Waals surface area contributed by atoms with E-state index in [0.29, 0.717) is 18.7 Å². The highest BCUT2D eigenvalue weighted by Gasteiger charge is 2.23. The van der Waals surface area contributed by atoms with Crippen LogP contribution in [0.2, 0.25) is 0 Å². The van der Waals surface area contributed by atoms with Crippen LogP contribution in [0.15, 0.2) is 24.3 Å². The average molecular weight is 278 g/mol. The molecule has 1 aromatic rings. The molecule has 20 heavy (non-hydrogen) atoms. The molecule has 0 aromatic heterocycles. The molecule has 1 unspecified atom stereocenters. The largest absolute Gasteiger partial charge is 0.480 e. The van der Waals surface area contributed by atoms with Crippen molar-refractivity contribution >= 4 is 11.8 Å². The number of ether oxygens (including phenoxy) is 1. The normalized spacial score (nSPS) is 20.4. The molecule has 0 radical (unpaired) electrons. The van der Waals surface area contributed by atoms with Crippen molar-refractivity contribution in [3.8, 4) is 0 Å². The van der Waals surface area contributed by atoms with E-state index in [0.717, 1.165) is 12.1 Å². The molecule has 2 atom stereocenters. The summed E-state index contributed by atoms with van der Waals surface area (Å²) >= 11 is 0. The Morgan fingerprint density at radius 1 is 1.40 bits per heavy atom. The lowest BCUT2D eigenvalue weighted by molar-refractivity contribution is -0.138. The van der Waals surface area contributed by atoms with Crippen molar-refractivity contribution in [2.75, 3.05) is 19.7 Å². The molecule has 0 saturated carbocycles. The van der Waals surface area contributed by atoms with E-state index < -0.39 is 18.1 Å². The molecule has 1 fully saturated rings. The molecule has 108 valence electrons. The Morgan fingerprint density at radius 2 is 2.10 bits per heavy atom. The third kappa shape index (κ3) is 3.63. The molecule has 4 N–H and O–H groups in total. The summed E-state index contributed by atoms with van der Waals surface area (Å²) in [6.45, 7) is 1.81. The zero-order chi connectivity index (χ0) is 14.5. The molecule has 0 bridgehead atoms. The van der Waals surface area contributed by atoms with Crippen LogP contribution in [0.5, 0.6) is 0 Å². The lowest BCUT2D eigenvalue weighted by Crippen LogP contribution is -2.43. The van der Waals surface area contributed by atoms with Gasteiger partial charge < -0.3 is 20.9 Å². The van der Waals surface area contributed by atoms with Crippen LogP contribution in [0, 0.1) is 0 Å². The number of aliphatic carboxylic acids is 1. The second-order valence-electron chi connectivity index (χ2n) is 4.77. The van der Waals surface area contributed by atoms with E-state index in [1.807, 2.05) is 0 Å². The fourth-order valence-electron chi connectivity index (χ4n) is 2.07. The second kappa shape index (κ2) is 6.60. The second-order valence-corrected chi connectivity index (χ2v) is 4.77. The van der Waals surface area contributed by atoms with Crippen LogP contribution in [0.1, 0.15) is 15.9 Å². The maximum absolute atomic E-state index is 12.2. The Morgan fingerprint density at radius 3 is 2.65 bits per heavy atom. The van der Waals surface area contributed by atoms with Gasteiger partial charge in [-0.15, -0.1) is 0 Å². The number of carboxylic acid groups (broad SMARTS) is 1. The predicted molar refractivity (Wildman–Crippen MR) is 72.7 cm³/mol. The summed E-state index contributed by atoms with van der Waals surface area (Å²) in [5, 5.41) is 11.9. The van der Waals surface area contributed by atoms with Gasteiger partial charge in [-0.2, -0.15) is 0 Å². The number of carboxylic acids is 1. The molecule has 1 aliphatic rings. The number of nitrogens with one attached hydrogen (secondary N) is 1. The Kier molecular flexibility index (Phi) is 4.84. The highest BCUT2D eigenvalue weighted by Crippen LogP contribution is 2.11. The molecular weight excluding hydrogens is 260 g/mol. The number of hydrogen-bond acceptors (Lipinski definition) is 5. The minimum absolute atomic E-state index is 0.0636. The van der Waals surface area contributed by atoms with E-state index >= 15 is 0 Å².